The molecule has 1 aromatic rings. The average Bonchev–Trinajstić information content (AvgIpc) is 3.47. The molecule has 0 atom stereocenters. The Morgan fingerprint density at radius 3 is 2.46 bits per heavy atom. The fraction of sp³-hybridized carbons (Fsp3) is 0.579. The molecule has 3 rings (SSSR count). The van der Waals surface area contributed by atoms with Crippen LogP contribution >= 0.6 is 0 Å². The average molecular weight is 366 g/mol. The zero-order valence-electron chi connectivity index (χ0n) is 14.8. The van der Waals surface area contributed by atoms with Crippen molar-refractivity contribution in [1.29, 1.82) is 0 Å². The Morgan fingerprint density at radius 2 is 1.85 bits per heavy atom. The largest absolute Gasteiger partial charge is 0.493 e. The van der Waals surface area contributed by atoms with Crippen LogP contribution in [-0.4, -0.2) is 42.5 Å². The van der Waals surface area contributed by atoms with Crippen LogP contribution in [0.25, 0.3) is 0 Å². The number of benzene rings is 1. The van der Waals surface area contributed by atoms with Crippen molar-refractivity contribution in [2.75, 3.05) is 19.7 Å². The quantitative estimate of drug-likeness (QED) is 0.842. The number of carbonyl (C=O) groups is 2. The molecule has 5 nitrogen and oxygen atoms in total. The van der Waals surface area contributed by atoms with E-state index >= 15 is 0 Å². The number of nitrogens with zero attached hydrogens (tertiary/aromatic N) is 1. The van der Waals surface area contributed by atoms with Gasteiger partial charge in [0.2, 0.25) is 5.91 Å². The lowest BCUT2D eigenvalue weighted by Crippen LogP contribution is -2.50. The predicted octanol–water partition coefficient (Wildman–Crippen LogP) is 2.69. The molecule has 1 aliphatic carbocycles. The fourth-order valence-electron chi connectivity index (χ4n) is 3.21. The summed E-state index contributed by atoms with van der Waals surface area (Å²) in [5.41, 5.74) is -0.406. The van der Waals surface area contributed by atoms with Crippen molar-refractivity contribution in [2.45, 2.75) is 44.6 Å². The van der Waals surface area contributed by atoms with Gasteiger partial charge in [0.15, 0.2) is 0 Å². The van der Waals surface area contributed by atoms with Crippen molar-refractivity contribution in [3.63, 3.8) is 0 Å². The van der Waals surface area contributed by atoms with E-state index in [0.717, 1.165) is 12.8 Å². The van der Waals surface area contributed by atoms with E-state index in [1.54, 1.807) is 13.0 Å². The maximum Gasteiger partial charge on any atom is 0.353 e. The number of hydrogen-bond acceptors (Lipinski definition) is 3. The molecule has 1 heterocycles. The SMILES string of the molecule is CCOc1ccccc1C(F)(F)C(=O)N1CCC(NC(=O)C2CC2)CC1. The Labute approximate surface area is 151 Å². The van der Waals surface area contributed by atoms with Crippen molar-refractivity contribution in [3.8, 4) is 5.75 Å². The van der Waals surface area contributed by atoms with Gasteiger partial charge in [0.25, 0.3) is 5.91 Å². The monoisotopic (exact) mass is 366 g/mol. The van der Waals surface area contributed by atoms with Crippen LogP contribution in [-0.2, 0) is 15.5 Å². The first-order valence-electron chi connectivity index (χ1n) is 9.13. The number of halogens is 2. The van der Waals surface area contributed by atoms with Crippen LogP contribution in [0.15, 0.2) is 24.3 Å². The van der Waals surface area contributed by atoms with Gasteiger partial charge in [-0.1, -0.05) is 12.1 Å². The van der Waals surface area contributed by atoms with Crippen LogP contribution in [0, 0.1) is 5.92 Å². The van der Waals surface area contributed by atoms with Crippen LogP contribution in [0.3, 0.4) is 0 Å². The van der Waals surface area contributed by atoms with Crippen LogP contribution < -0.4 is 10.1 Å². The van der Waals surface area contributed by atoms with Crippen molar-refractivity contribution >= 4 is 11.8 Å². The minimum Gasteiger partial charge on any atom is -0.493 e. The number of hydrogen-bond donors (Lipinski definition) is 1. The van der Waals surface area contributed by atoms with Gasteiger partial charge in [-0.2, -0.15) is 8.78 Å². The molecule has 7 heteroatoms. The third kappa shape index (κ3) is 3.97. The maximum absolute atomic E-state index is 14.8. The van der Waals surface area contributed by atoms with E-state index < -0.39 is 17.4 Å². The molecular weight excluding hydrogens is 342 g/mol. The van der Waals surface area contributed by atoms with Gasteiger partial charge in [-0.3, -0.25) is 9.59 Å². The van der Waals surface area contributed by atoms with Crippen molar-refractivity contribution in [2.24, 2.45) is 5.92 Å². The summed E-state index contributed by atoms with van der Waals surface area (Å²) in [4.78, 5) is 25.4. The minimum absolute atomic E-state index is 0.0277. The van der Waals surface area contributed by atoms with E-state index in [1.807, 2.05) is 0 Å². The van der Waals surface area contributed by atoms with E-state index in [0.29, 0.717) is 12.8 Å². The molecule has 142 valence electrons. The van der Waals surface area contributed by atoms with Crippen LogP contribution in [0.4, 0.5) is 8.78 Å². The zero-order valence-corrected chi connectivity index (χ0v) is 14.8. The smallest absolute Gasteiger partial charge is 0.353 e. The Balaban J connectivity index is 1.62. The molecule has 0 unspecified atom stereocenters. The second-order valence-corrected chi connectivity index (χ2v) is 6.85. The van der Waals surface area contributed by atoms with Crippen molar-refractivity contribution in [1.82, 2.24) is 10.2 Å². The number of rotatable bonds is 6. The van der Waals surface area contributed by atoms with Crippen LogP contribution in [0.2, 0.25) is 0 Å². The maximum atomic E-state index is 14.8. The lowest BCUT2D eigenvalue weighted by Gasteiger charge is -2.34. The predicted molar refractivity (Wildman–Crippen MR) is 92.0 cm³/mol. The molecule has 1 saturated heterocycles. The van der Waals surface area contributed by atoms with E-state index in [9.17, 15) is 18.4 Å². The molecule has 0 spiro atoms. The lowest BCUT2D eigenvalue weighted by atomic mass is 10.0. The summed E-state index contributed by atoms with van der Waals surface area (Å²) in [6.45, 7) is 2.37. The van der Waals surface area contributed by atoms with Gasteiger partial charge in [-0.25, -0.2) is 0 Å². The molecule has 1 N–H and O–H groups in total. The Morgan fingerprint density at radius 1 is 1.19 bits per heavy atom. The number of nitrogens with one attached hydrogen (secondary N) is 1. The first-order chi connectivity index (χ1) is 12.4. The summed E-state index contributed by atoms with van der Waals surface area (Å²) in [6, 6.07) is 5.70. The number of carbonyl (C=O) groups excluding carboxylic acids is 2. The van der Waals surface area contributed by atoms with Gasteiger partial charge in [-0.15, -0.1) is 0 Å². The first-order valence-corrected chi connectivity index (χ1v) is 9.13. The molecule has 1 saturated carbocycles. The number of likely N-dealkylation sites (tertiary alicyclic amines) is 1. The molecule has 2 fully saturated rings. The second-order valence-electron chi connectivity index (χ2n) is 6.85. The Hall–Kier alpha value is -2.18. The molecule has 0 radical (unpaired) electrons. The van der Waals surface area contributed by atoms with Crippen molar-refractivity contribution < 1.29 is 23.1 Å². The summed E-state index contributed by atoms with van der Waals surface area (Å²) in [7, 11) is 0. The first kappa shape index (κ1) is 18.6. The van der Waals surface area contributed by atoms with Gasteiger partial charge in [0.05, 0.1) is 12.2 Å². The van der Waals surface area contributed by atoms with Crippen molar-refractivity contribution in [3.05, 3.63) is 29.8 Å². The number of alkyl halides is 2. The highest BCUT2D eigenvalue weighted by Gasteiger charge is 2.46. The lowest BCUT2D eigenvalue weighted by molar-refractivity contribution is -0.160. The van der Waals surface area contributed by atoms with E-state index in [2.05, 4.69) is 5.32 Å². The molecule has 2 aliphatic rings. The number of ether oxygens (including phenoxy) is 1. The highest BCUT2D eigenvalue weighted by molar-refractivity contribution is 5.86. The summed E-state index contributed by atoms with van der Waals surface area (Å²) in [6.07, 6.45) is 2.84. The van der Waals surface area contributed by atoms with Crippen LogP contribution in [0.5, 0.6) is 5.75 Å². The van der Waals surface area contributed by atoms with Gasteiger partial charge in [-0.05, 0) is 44.7 Å². The van der Waals surface area contributed by atoms with Gasteiger partial charge >= 0.3 is 5.92 Å². The fourth-order valence-corrected chi connectivity index (χ4v) is 3.21. The topological polar surface area (TPSA) is 58.6 Å². The summed E-state index contributed by atoms with van der Waals surface area (Å²) in [5.74, 6) is -4.66. The van der Waals surface area contributed by atoms with E-state index in [-0.39, 0.29) is 43.3 Å². The molecule has 2 amide bonds. The van der Waals surface area contributed by atoms with Gasteiger partial charge in [0.1, 0.15) is 5.75 Å². The second kappa shape index (κ2) is 7.60. The minimum atomic E-state index is -3.64. The Bertz CT molecular complexity index is 669. The molecule has 0 aromatic heterocycles. The summed E-state index contributed by atoms with van der Waals surface area (Å²) in [5, 5.41) is 2.95. The molecule has 0 bridgehead atoms. The molecular formula is C19H24F2N2O3. The van der Waals surface area contributed by atoms with E-state index in [1.165, 1.54) is 23.1 Å². The highest BCUT2D eigenvalue weighted by atomic mass is 19.3. The number of para-hydroxylation sites is 1. The normalized spacial score (nSPS) is 18.5. The molecule has 1 aromatic carbocycles. The number of piperidine rings is 1. The van der Waals surface area contributed by atoms with Gasteiger partial charge in [0, 0.05) is 25.0 Å². The molecule has 26 heavy (non-hydrogen) atoms. The molecule has 1 aliphatic heterocycles. The number of amides is 2. The summed E-state index contributed by atoms with van der Waals surface area (Å²) >= 11 is 0. The third-order valence-electron chi connectivity index (χ3n) is 4.87. The van der Waals surface area contributed by atoms with E-state index in [4.69, 9.17) is 4.74 Å². The zero-order chi connectivity index (χ0) is 18.7. The van der Waals surface area contributed by atoms with Crippen LogP contribution in [0.1, 0.15) is 38.2 Å². The Kier molecular flexibility index (Phi) is 5.44. The summed E-state index contributed by atoms with van der Waals surface area (Å²) < 4.78 is 34.8. The standard InChI is InChI=1S/C19H24F2N2O3/c1-2-26-16-6-4-3-5-15(16)19(20,21)18(25)23-11-9-14(10-12-23)22-17(24)13-7-8-13/h3-6,13-14H,2,7-12H2,1H3,(H,22,24). The third-order valence-corrected chi connectivity index (χ3v) is 4.87. The highest BCUT2D eigenvalue weighted by Crippen LogP contribution is 2.37. The van der Waals surface area contributed by atoms with Gasteiger partial charge < -0.3 is 15.0 Å².